The van der Waals surface area contributed by atoms with Gasteiger partial charge in [-0.3, -0.25) is 0 Å². The standard InChI is InChI=1S/C12H19N3/c1-5-7-15-11(6-2)14-10(12(15)13)8-9(3)4/h1,9H,6-8,13H2,2-4H3. The van der Waals surface area contributed by atoms with Crippen LogP contribution in [0.15, 0.2) is 0 Å². The molecule has 0 fully saturated rings. The molecule has 0 amide bonds. The Kier molecular flexibility index (Phi) is 3.79. The molecule has 1 aromatic heterocycles. The Morgan fingerprint density at radius 2 is 2.20 bits per heavy atom. The summed E-state index contributed by atoms with van der Waals surface area (Å²) in [5.74, 6) is 4.89. The SMILES string of the molecule is C#CCn1c(CC)nc(CC(C)C)c1N. The van der Waals surface area contributed by atoms with E-state index in [2.05, 4.69) is 31.7 Å². The molecule has 1 heterocycles. The van der Waals surface area contributed by atoms with E-state index in [1.165, 1.54) is 0 Å². The van der Waals surface area contributed by atoms with Gasteiger partial charge in [0.1, 0.15) is 11.6 Å². The summed E-state index contributed by atoms with van der Waals surface area (Å²) in [4.78, 5) is 4.53. The number of rotatable bonds is 4. The Morgan fingerprint density at radius 1 is 1.53 bits per heavy atom. The van der Waals surface area contributed by atoms with E-state index in [1.807, 2.05) is 4.57 Å². The van der Waals surface area contributed by atoms with Gasteiger partial charge in [-0.1, -0.05) is 26.7 Å². The van der Waals surface area contributed by atoms with E-state index in [9.17, 15) is 0 Å². The van der Waals surface area contributed by atoms with Gasteiger partial charge in [0.2, 0.25) is 0 Å². The van der Waals surface area contributed by atoms with E-state index in [0.29, 0.717) is 12.5 Å². The molecule has 3 nitrogen and oxygen atoms in total. The Morgan fingerprint density at radius 3 is 2.67 bits per heavy atom. The highest BCUT2D eigenvalue weighted by molar-refractivity contribution is 5.39. The third-order valence-electron chi connectivity index (χ3n) is 2.33. The van der Waals surface area contributed by atoms with Crippen LogP contribution in [0.1, 0.15) is 32.3 Å². The van der Waals surface area contributed by atoms with E-state index in [4.69, 9.17) is 12.2 Å². The van der Waals surface area contributed by atoms with Crippen molar-refractivity contribution in [3.8, 4) is 12.3 Å². The number of hydrogen-bond acceptors (Lipinski definition) is 2. The molecule has 2 N–H and O–H groups in total. The van der Waals surface area contributed by atoms with Gasteiger partial charge in [-0.05, 0) is 12.3 Å². The van der Waals surface area contributed by atoms with Crippen molar-refractivity contribution in [2.45, 2.75) is 40.2 Å². The summed E-state index contributed by atoms with van der Waals surface area (Å²) in [6.07, 6.45) is 7.09. The fourth-order valence-electron chi connectivity index (χ4n) is 1.64. The first-order valence-corrected chi connectivity index (χ1v) is 5.37. The second-order valence-electron chi connectivity index (χ2n) is 4.10. The molecule has 0 saturated carbocycles. The lowest BCUT2D eigenvalue weighted by Gasteiger charge is -2.05. The van der Waals surface area contributed by atoms with Crippen molar-refractivity contribution in [3.05, 3.63) is 11.5 Å². The number of imidazole rings is 1. The van der Waals surface area contributed by atoms with E-state index in [1.54, 1.807) is 0 Å². The van der Waals surface area contributed by atoms with Gasteiger partial charge in [0.15, 0.2) is 0 Å². The first-order valence-electron chi connectivity index (χ1n) is 5.37. The molecular weight excluding hydrogens is 186 g/mol. The van der Waals surface area contributed by atoms with Crippen LogP contribution >= 0.6 is 0 Å². The minimum Gasteiger partial charge on any atom is -0.384 e. The van der Waals surface area contributed by atoms with Crippen molar-refractivity contribution < 1.29 is 0 Å². The van der Waals surface area contributed by atoms with Gasteiger partial charge in [0, 0.05) is 6.42 Å². The third-order valence-corrected chi connectivity index (χ3v) is 2.33. The fraction of sp³-hybridized carbons (Fsp3) is 0.583. The summed E-state index contributed by atoms with van der Waals surface area (Å²) >= 11 is 0. The second kappa shape index (κ2) is 4.88. The zero-order valence-electron chi connectivity index (χ0n) is 9.75. The van der Waals surface area contributed by atoms with Crippen molar-refractivity contribution in [1.82, 2.24) is 9.55 Å². The molecule has 0 aliphatic carbocycles. The van der Waals surface area contributed by atoms with Crippen LogP contribution in [0.25, 0.3) is 0 Å². The van der Waals surface area contributed by atoms with Gasteiger partial charge in [-0.2, -0.15) is 0 Å². The van der Waals surface area contributed by atoms with Crippen LogP contribution < -0.4 is 5.73 Å². The predicted molar refractivity (Wildman–Crippen MR) is 63.4 cm³/mol. The molecule has 0 saturated heterocycles. The summed E-state index contributed by atoms with van der Waals surface area (Å²) in [5.41, 5.74) is 7.00. The lowest BCUT2D eigenvalue weighted by molar-refractivity contribution is 0.637. The molecular formula is C12H19N3. The molecule has 0 spiro atoms. The highest BCUT2D eigenvalue weighted by atomic mass is 15.1. The van der Waals surface area contributed by atoms with Gasteiger partial charge >= 0.3 is 0 Å². The van der Waals surface area contributed by atoms with Crippen molar-refractivity contribution >= 4 is 5.82 Å². The maximum Gasteiger partial charge on any atom is 0.127 e. The second-order valence-corrected chi connectivity index (χ2v) is 4.10. The molecule has 0 bridgehead atoms. The summed E-state index contributed by atoms with van der Waals surface area (Å²) in [7, 11) is 0. The maximum absolute atomic E-state index is 6.02. The minimum atomic E-state index is 0.514. The summed E-state index contributed by atoms with van der Waals surface area (Å²) in [6.45, 7) is 6.89. The molecule has 0 atom stereocenters. The normalized spacial score (nSPS) is 10.6. The number of hydrogen-bond donors (Lipinski definition) is 1. The average molecular weight is 205 g/mol. The monoisotopic (exact) mass is 205 g/mol. The van der Waals surface area contributed by atoms with Crippen LogP contribution in [0.5, 0.6) is 0 Å². The number of nitrogens with zero attached hydrogens (tertiary/aromatic N) is 2. The molecule has 1 aromatic rings. The highest BCUT2D eigenvalue weighted by Crippen LogP contribution is 2.18. The van der Waals surface area contributed by atoms with Crippen molar-refractivity contribution in [2.75, 3.05) is 5.73 Å². The zero-order valence-corrected chi connectivity index (χ0v) is 9.75. The van der Waals surface area contributed by atoms with Crippen LogP contribution in [-0.2, 0) is 19.4 Å². The lowest BCUT2D eigenvalue weighted by Crippen LogP contribution is -2.06. The van der Waals surface area contributed by atoms with Crippen LogP contribution in [0.2, 0.25) is 0 Å². The van der Waals surface area contributed by atoms with Crippen LogP contribution in [0.3, 0.4) is 0 Å². The Bertz CT molecular complexity index is 369. The smallest absolute Gasteiger partial charge is 0.127 e. The topological polar surface area (TPSA) is 43.8 Å². The fourth-order valence-corrected chi connectivity index (χ4v) is 1.64. The van der Waals surface area contributed by atoms with Crippen molar-refractivity contribution in [2.24, 2.45) is 5.92 Å². The molecule has 0 aliphatic rings. The number of anilines is 1. The van der Waals surface area contributed by atoms with Crippen molar-refractivity contribution in [3.63, 3.8) is 0 Å². The lowest BCUT2D eigenvalue weighted by atomic mass is 10.1. The first kappa shape index (κ1) is 11.6. The molecule has 82 valence electrons. The molecule has 15 heavy (non-hydrogen) atoms. The Balaban J connectivity index is 3.05. The molecule has 1 rings (SSSR count). The van der Waals surface area contributed by atoms with Crippen LogP contribution in [-0.4, -0.2) is 9.55 Å². The first-order chi connectivity index (χ1) is 7.10. The van der Waals surface area contributed by atoms with Gasteiger partial charge in [0.25, 0.3) is 0 Å². The minimum absolute atomic E-state index is 0.514. The summed E-state index contributed by atoms with van der Waals surface area (Å²) < 4.78 is 1.93. The third kappa shape index (κ3) is 2.53. The zero-order chi connectivity index (χ0) is 11.4. The molecule has 0 radical (unpaired) electrons. The molecule has 0 aliphatic heterocycles. The highest BCUT2D eigenvalue weighted by Gasteiger charge is 2.13. The predicted octanol–water partition coefficient (Wildman–Crippen LogP) is 1.86. The van der Waals surface area contributed by atoms with E-state index < -0.39 is 0 Å². The van der Waals surface area contributed by atoms with Crippen LogP contribution in [0, 0.1) is 18.3 Å². The van der Waals surface area contributed by atoms with Gasteiger partial charge in [-0.25, -0.2) is 4.98 Å². The number of terminal acetylenes is 1. The number of nitrogen functional groups attached to an aromatic ring is 1. The summed E-state index contributed by atoms with van der Waals surface area (Å²) in [6, 6.07) is 0. The molecule has 3 heteroatoms. The quantitative estimate of drug-likeness (QED) is 0.762. The molecule has 0 unspecified atom stereocenters. The van der Waals surface area contributed by atoms with Gasteiger partial charge in [-0.15, -0.1) is 6.42 Å². The maximum atomic E-state index is 6.02. The molecule has 0 aromatic carbocycles. The Labute approximate surface area is 91.7 Å². The van der Waals surface area contributed by atoms with E-state index in [-0.39, 0.29) is 0 Å². The Hall–Kier alpha value is -1.43. The largest absolute Gasteiger partial charge is 0.384 e. The van der Waals surface area contributed by atoms with E-state index >= 15 is 0 Å². The summed E-state index contributed by atoms with van der Waals surface area (Å²) in [5, 5.41) is 0. The van der Waals surface area contributed by atoms with Gasteiger partial charge in [0.05, 0.1) is 12.2 Å². The van der Waals surface area contributed by atoms with Gasteiger partial charge < -0.3 is 10.3 Å². The number of aromatic nitrogens is 2. The van der Waals surface area contributed by atoms with Crippen LogP contribution in [0.4, 0.5) is 5.82 Å². The van der Waals surface area contributed by atoms with Crippen molar-refractivity contribution in [1.29, 1.82) is 0 Å². The average Bonchev–Trinajstić information content (AvgIpc) is 2.46. The van der Waals surface area contributed by atoms with E-state index in [0.717, 1.165) is 30.2 Å². The number of nitrogens with two attached hydrogens (primary N) is 1. The number of aryl methyl sites for hydroxylation is 1.